The Morgan fingerprint density at radius 1 is 1.06 bits per heavy atom. The van der Waals surface area contributed by atoms with Crippen molar-refractivity contribution >= 4 is 0 Å². The first-order valence-electron chi connectivity index (χ1n) is 8.20. The Hall–Kier alpha value is -0.0800. The fraction of sp³-hybridized carbons (Fsp3) is 1.00. The molecule has 2 aliphatic rings. The van der Waals surface area contributed by atoms with E-state index in [2.05, 4.69) is 19.2 Å². The maximum Gasteiger partial charge on any atom is 0.0730 e. The van der Waals surface area contributed by atoms with Crippen molar-refractivity contribution in [3.8, 4) is 0 Å². The van der Waals surface area contributed by atoms with Gasteiger partial charge in [-0.25, -0.2) is 0 Å². The second kappa shape index (κ2) is 7.49. The molecule has 2 nitrogen and oxygen atoms in total. The monoisotopic (exact) mass is 253 g/mol. The molecule has 0 aromatic heterocycles. The first-order valence-corrected chi connectivity index (χ1v) is 8.20. The van der Waals surface area contributed by atoms with Gasteiger partial charge in [-0.1, -0.05) is 33.1 Å². The number of nitrogens with one attached hydrogen (secondary N) is 1. The second-order valence-electron chi connectivity index (χ2n) is 6.18. The largest absolute Gasteiger partial charge is 0.377 e. The summed E-state index contributed by atoms with van der Waals surface area (Å²) in [4.78, 5) is 0. The van der Waals surface area contributed by atoms with E-state index < -0.39 is 0 Å². The molecule has 1 heterocycles. The van der Waals surface area contributed by atoms with E-state index in [4.69, 9.17) is 4.74 Å². The molecule has 0 amide bonds. The lowest BCUT2D eigenvalue weighted by molar-refractivity contribution is -0.0266. The first kappa shape index (κ1) is 14.3. The van der Waals surface area contributed by atoms with Crippen LogP contribution in [0.15, 0.2) is 0 Å². The summed E-state index contributed by atoms with van der Waals surface area (Å²) in [6.45, 7) is 6.64. The van der Waals surface area contributed by atoms with Crippen LogP contribution in [0.25, 0.3) is 0 Å². The van der Waals surface area contributed by atoms with Gasteiger partial charge in [-0.05, 0) is 50.5 Å². The lowest BCUT2D eigenvalue weighted by atomic mass is 9.75. The number of likely N-dealkylation sites (N-methyl/N-ethyl adjacent to an activating group) is 1. The maximum absolute atomic E-state index is 6.04. The maximum atomic E-state index is 6.04. The van der Waals surface area contributed by atoms with Crippen molar-refractivity contribution in [1.82, 2.24) is 5.32 Å². The van der Waals surface area contributed by atoms with Gasteiger partial charge in [-0.15, -0.1) is 0 Å². The van der Waals surface area contributed by atoms with Crippen molar-refractivity contribution in [2.75, 3.05) is 13.2 Å². The summed E-state index contributed by atoms with van der Waals surface area (Å²) in [5.41, 5.74) is 0. The summed E-state index contributed by atoms with van der Waals surface area (Å²) in [7, 11) is 0. The highest BCUT2D eigenvalue weighted by atomic mass is 16.5. The molecule has 1 aliphatic carbocycles. The molecule has 2 heteroatoms. The molecule has 2 fully saturated rings. The lowest BCUT2D eigenvalue weighted by Gasteiger charge is -2.39. The van der Waals surface area contributed by atoms with Crippen molar-refractivity contribution in [2.24, 2.45) is 11.8 Å². The molecular weight excluding hydrogens is 222 g/mol. The van der Waals surface area contributed by atoms with Gasteiger partial charge in [0, 0.05) is 12.6 Å². The molecule has 1 N–H and O–H groups in total. The highest BCUT2D eigenvalue weighted by Gasteiger charge is 2.33. The predicted molar refractivity (Wildman–Crippen MR) is 76.8 cm³/mol. The Labute approximate surface area is 113 Å². The van der Waals surface area contributed by atoms with Crippen molar-refractivity contribution in [1.29, 1.82) is 0 Å². The predicted octanol–water partition coefficient (Wildman–Crippen LogP) is 3.75. The number of rotatable bonds is 5. The van der Waals surface area contributed by atoms with Crippen LogP contribution in [0.3, 0.4) is 0 Å². The second-order valence-corrected chi connectivity index (χ2v) is 6.18. The van der Waals surface area contributed by atoms with Crippen LogP contribution >= 0.6 is 0 Å². The van der Waals surface area contributed by atoms with Gasteiger partial charge in [0.05, 0.1) is 6.10 Å². The van der Waals surface area contributed by atoms with Gasteiger partial charge in [0.1, 0.15) is 0 Å². The third kappa shape index (κ3) is 3.71. The summed E-state index contributed by atoms with van der Waals surface area (Å²) in [5, 5.41) is 3.73. The molecule has 2 atom stereocenters. The van der Waals surface area contributed by atoms with Gasteiger partial charge in [-0.2, -0.15) is 0 Å². The third-order valence-electron chi connectivity index (χ3n) is 5.03. The molecule has 0 radical (unpaired) electrons. The van der Waals surface area contributed by atoms with Crippen molar-refractivity contribution < 1.29 is 4.74 Å². The minimum Gasteiger partial charge on any atom is -0.377 e. The molecular formula is C16H31NO. The van der Waals surface area contributed by atoms with Gasteiger partial charge < -0.3 is 10.1 Å². The quantitative estimate of drug-likeness (QED) is 0.805. The average molecular weight is 253 g/mol. The van der Waals surface area contributed by atoms with Crippen LogP contribution in [-0.2, 0) is 4.74 Å². The van der Waals surface area contributed by atoms with Gasteiger partial charge in [0.2, 0.25) is 0 Å². The zero-order valence-electron chi connectivity index (χ0n) is 12.3. The van der Waals surface area contributed by atoms with Gasteiger partial charge in [0.25, 0.3) is 0 Å². The van der Waals surface area contributed by atoms with Crippen LogP contribution in [0.2, 0.25) is 0 Å². The van der Waals surface area contributed by atoms with Crippen molar-refractivity contribution in [3.63, 3.8) is 0 Å². The van der Waals surface area contributed by atoms with E-state index in [1.165, 1.54) is 51.4 Å². The summed E-state index contributed by atoms with van der Waals surface area (Å²) in [5.74, 6) is 1.85. The Balaban J connectivity index is 1.88. The highest BCUT2D eigenvalue weighted by molar-refractivity contribution is 4.88. The van der Waals surface area contributed by atoms with Crippen molar-refractivity contribution in [3.05, 3.63) is 0 Å². The zero-order chi connectivity index (χ0) is 12.8. The zero-order valence-corrected chi connectivity index (χ0v) is 12.3. The number of hydrogen-bond acceptors (Lipinski definition) is 2. The van der Waals surface area contributed by atoms with E-state index in [0.717, 1.165) is 25.0 Å². The average Bonchev–Trinajstić information content (AvgIpc) is 2.46. The molecule has 0 aromatic carbocycles. The topological polar surface area (TPSA) is 21.3 Å². The van der Waals surface area contributed by atoms with Crippen LogP contribution in [0.1, 0.15) is 65.2 Å². The van der Waals surface area contributed by atoms with Crippen LogP contribution in [0, 0.1) is 11.8 Å². The SMILES string of the molecule is CCNC(C1CCC(CC)CC1)C1CCCCO1. The fourth-order valence-corrected chi connectivity index (χ4v) is 3.84. The lowest BCUT2D eigenvalue weighted by Crippen LogP contribution is -2.48. The normalized spacial score (nSPS) is 35.3. The van der Waals surface area contributed by atoms with E-state index in [-0.39, 0.29) is 0 Å². The number of hydrogen-bond donors (Lipinski definition) is 1. The van der Waals surface area contributed by atoms with Crippen LogP contribution in [-0.4, -0.2) is 25.3 Å². The standard InChI is InChI=1S/C16H31NO/c1-3-13-8-10-14(11-9-13)16(17-4-2)15-7-5-6-12-18-15/h13-17H,3-12H2,1-2H3. The van der Waals surface area contributed by atoms with E-state index in [1.54, 1.807) is 0 Å². The molecule has 18 heavy (non-hydrogen) atoms. The van der Waals surface area contributed by atoms with E-state index in [0.29, 0.717) is 12.1 Å². The molecule has 2 rings (SSSR count). The molecule has 1 saturated heterocycles. The van der Waals surface area contributed by atoms with Crippen LogP contribution in [0.5, 0.6) is 0 Å². The van der Waals surface area contributed by atoms with Gasteiger partial charge in [0.15, 0.2) is 0 Å². The molecule has 0 spiro atoms. The number of ether oxygens (including phenoxy) is 1. The summed E-state index contributed by atoms with van der Waals surface area (Å²) in [6.07, 6.45) is 11.5. The Morgan fingerprint density at radius 3 is 2.39 bits per heavy atom. The Morgan fingerprint density at radius 2 is 1.83 bits per heavy atom. The molecule has 1 aliphatic heterocycles. The molecule has 2 unspecified atom stereocenters. The molecule has 1 saturated carbocycles. The Bertz CT molecular complexity index is 217. The van der Waals surface area contributed by atoms with E-state index in [9.17, 15) is 0 Å². The van der Waals surface area contributed by atoms with Crippen LogP contribution < -0.4 is 5.32 Å². The fourth-order valence-electron chi connectivity index (χ4n) is 3.84. The summed E-state index contributed by atoms with van der Waals surface area (Å²) >= 11 is 0. The first-order chi connectivity index (χ1) is 8.85. The van der Waals surface area contributed by atoms with Crippen molar-refractivity contribution in [2.45, 2.75) is 77.4 Å². The molecule has 0 bridgehead atoms. The van der Waals surface area contributed by atoms with Gasteiger partial charge in [-0.3, -0.25) is 0 Å². The van der Waals surface area contributed by atoms with E-state index >= 15 is 0 Å². The van der Waals surface area contributed by atoms with Gasteiger partial charge >= 0.3 is 0 Å². The smallest absolute Gasteiger partial charge is 0.0730 e. The molecule has 0 aromatic rings. The summed E-state index contributed by atoms with van der Waals surface area (Å²) in [6, 6.07) is 0.619. The third-order valence-corrected chi connectivity index (χ3v) is 5.03. The molecule has 106 valence electrons. The Kier molecular flexibility index (Phi) is 5.97. The van der Waals surface area contributed by atoms with E-state index in [1.807, 2.05) is 0 Å². The minimum atomic E-state index is 0.488. The minimum absolute atomic E-state index is 0.488. The highest BCUT2D eigenvalue weighted by Crippen LogP contribution is 2.35. The van der Waals surface area contributed by atoms with Crippen LogP contribution in [0.4, 0.5) is 0 Å². The summed E-state index contributed by atoms with van der Waals surface area (Å²) < 4.78 is 6.04.